The lowest BCUT2D eigenvalue weighted by atomic mass is 9.70. The molecule has 2 aliphatic heterocycles. The van der Waals surface area contributed by atoms with Crippen LogP contribution in [0.1, 0.15) is 40.5 Å². The third-order valence-electron chi connectivity index (χ3n) is 6.22. The minimum atomic E-state index is -0.920. The lowest BCUT2D eigenvalue weighted by Crippen LogP contribution is -2.38. The van der Waals surface area contributed by atoms with Crippen molar-refractivity contribution in [3.8, 4) is 0 Å². The van der Waals surface area contributed by atoms with E-state index in [9.17, 15) is 19.5 Å². The Hall–Kier alpha value is -2.61. The van der Waals surface area contributed by atoms with Crippen molar-refractivity contribution in [2.24, 2.45) is 11.3 Å². The molecule has 156 valence electrons. The van der Waals surface area contributed by atoms with Gasteiger partial charge in [-0.25, -0.2) is 9.59 Å². The topological polar surface area (TPSA) is 108 Å². The number of hydrogen-bond donors (Lipinski definition) is 1. The van der Waals surface area contributed by atoms with Crippen molar-refractivity contribution in [2.75, 3.05) is 0 Å². The summed E-state index contributed by atoms with van der Waals surface area (Å²) in [7, 11) is 0. The number of esters is 3. The number of hydrogen-bond acceptors (Lipinski definition) is 8. The molecule has 0 spiro atoms. The fraction of sp³-hybridized carbons (Fsp3) is 0.571. The van der Waals surface area contributed by atoms with Gasteiger partial charge in [0.25, 0.3) is 6.29 Å². The van der Waals surface area contributed by atoms with Gasteiger partial charge < -0.3 is 24.1 Å². The predicted octanol–water partition coefficient (Wildman–Crippen LogP) is 1.68. The van der Waals surface area contributed by atoms with E-state index in [2.05, 4.69) is 0 Å². The molecule has 4 rings (SSSR count). The van der Waals surface area contributed by atoms with Crippen LogP contribution in [-0.4, -0.2) is 47.6 Å². The van der Waals surface area contributed by atoms with Gasteiger partial charge >= 0.3 is 17.9 Å². The molecule has 8 nitrogen and oxygen atoms in total. The molecule has 0 aromatic carbocycles. The van der Waals surface area contributed by atoms with Gasteiger partial charge in [-0.1, -0.05) is 13.8 Å². The van der Waals surface area contributed by atoms with Gasteiger partial charge in [-0.2, -0.15) is 0 Å². The van der Waals surface area contributed by atoms with Crippen LogP contribution in [0.15, 0.2) is 34.6 Å². The van der Waals surface area contributed by atoms with Crippen LogP contribution in [0.5, 0.6) is 0 Å². The molecule has 2 heterocycles. The number of aliphatic hydroxyl groups is 1. The second kappa shape index (κ2) is 6.73. The Balaban J connectivity index is 1.68. The van der Waals surface area contributed by atoms with Crippen molar-refractivity contribution >= 4 is 17.9 Å². The number of carbonyl (C=O) groups excluding carboxylic acids is 3. The molecule has 0 aromatic rings. The van der Waals surface area contributed by atoms with Gasteiger partial charge in [0.1, 0.15) is 12.2 Å². The SMILES string of the molecule is CC(=O)O[C@@H]1C2=C([C@H]3OC(=O)/C(=C/O[C@H]4C=C(C)C(=O)O4)[C@@H]13)C(C)(C)C(O)CC2. The van der Waals surface area contributed by atoms with E-state index in [-0.39, 0.29) is 5.57 Å². The number of fused-ring (bicyclic) bond motifs is 2. The normalized spacial score (nSPS) is 36.4. The van der Waals surface area contributed by atoms with Crippen LogP contribution in [0, 0.1) is 11.3 Å². The Kier molecular flexibility index (Phi) is 4.57. The zero-order valence-electron chi connectivity index (χ0n) is 16.8. The van der Waals surface area contributed by atoms with Gasteiger partial charge in [0.2, 0.25) is 0 Å². The Morgan fingerprint density at radius 1 is 1.28 bits per heavy atom. The molecule has 0 saturated carbocycles. The zero-order chi connectivity index (χ0) is 21.1. The lowest BCUT2D eigenvalue weighted by molar-refractivity contribution is -0.152. The monoisotopic (exact) mass is 404 g/mol. The molecular formula is C21H24O8. The van der Waals surface area contributed by atoms with E-state index in [1.54, 1.807) is 6.92 Å². The van der Waals surface area contributed by atoms with Gasteiger partial charge in [-0.3, -0.25) is 4.79 Å². The van der Waals surface area contributed by atoms with E-state index in [1.807, 2.05) is 13.8 Å². The second-order valence-electron chi connectivity index (χ2n) is 8.43. The average Bonchev–Trinajstić information content (AvgIpc) is 3.21. The molecule has 2 aliphatic carbocycles. The van der Waals surface area contributed by atoms with Crippen molar-refractivity contribution in [3.63, 3.8) is 0 Å². The summed E-state index contributed by atoms with van der Waals surface area (Å²) in [6.45, 7) is 6.73. The van der Waals surface area contributed by atoms with Gasteiger partial charge in [0.15, 0.2) is 0 Å². The van der Waals surface area contributed by atoms with Crippen molar-refractivity contribution < 1.29 is 38.4 Å². The van der Waals surface area contributed by atoms with Crippen molar-refractivity contribution in [1.82, 2.24) is 0 Å². The number of ether oxygens (including phenoxy) is 4. The summed E-state index contributed by atoms with van der Waals surface area (Å²) < 4.78 is 21.8. The van der Waals surface area contributed by atoms with E-state index >= 15 is 0 Å². The maximum absolute atomic E-state index is 12.6. The van der Waals surface area contributed by atoms with E-state index in [1.165, 1.54) is 19.3 Å². The van der Waals surface area contributed by atoms with Crippen molar-refractivity contribution in [2.45, 2.75) is 65.1 Å². The fourth-order valence-electron chi connectivity index (χ4n) is 4.72. The van der Waals surface area contributed by atoms with E-state index < -0.39 is 53.8 Å². The summed E-state index contributed by atoms with van der Waals surface area (Å²) >= 11 is 0. The maximum Gasteiger partial charge on any atom is 0.338 e. The molecule has 4 aliphatic rings. The van der Waals surface area contributed by atoms with Gasteiger partial charge in [0.05, 0.1) is 23.9 Å². The Labute approximate surface area is 168 Å². The average molecular weight is 404 g/mol. The van der Waals surface area contributed by atoms with E-state index in [0.717, 1.165) is 11.1 Å². The van der Waals surface area contributed by atoms with Crippen LogP contribution in [0.25, 0.3) is 0 Å². The highest BCUT2D eigenvalue weighted by atomic mass is 16.7. The lowest BCUT2D eigenvalue weighted by Gasteiger charge is -2.39. The summed E-state index contributed by atoms with van der Waals surface area (Å²) in [5.74, 6) is -2.09. The molecule has 5 atom stereocenters. The maximum atomic E-state index is 12.6. The number of rotatable bonds is 3. The fourth-order valence-corrected chi connectivity index (χ4v) is 4.72. The molecule has 0 radical (unpaired) electrons. The van der Waals surface area contributed by atoms with E-state index in [4.69, 9.17) is 18.9 Å². The molecule has 0 amide bonds. The van der Waals surface area contributed by atoms with E-state index in [0.29, 0.717) is 18.4 Å². The first kappa shape index (κ1) is 19.7. The van der Waals surface area contributed by atoms with Crippen LogP contribution in [0.3, 0.4) is 0 Å². The van der Waals surface area contributed by atoms with Gasteiger partial charge in [-0.05, 0) is 30.9 Å². The molecule has 0 aromatic heterocycles. The minimum Gasteiger partial charge on any atom is -0.458 e. The molecule has 1 fully saturated rings. The summed E-state index contributed by atoms with van der Waals surface area (Å²) in [6.07, 6.45) is 1.03. The third-order valence-corrected chi connectivity index (χ3v) is 6.22. The number of cyclic esters (lactones) is 1. The highest BCUT2D eigenvalue weighted by Crippen LogP contribution is 2.55. The molecule has 29 heavy (non-hydrogen) atoms. The van der Waals surface area contributed by atoms with Crippen LogP contribution >= 0.6 is 0 Å². The number of carbonyl (C=O) groups is 3. The van der Waals surface area contributed by atoms with Gasteiger partial charge in [-0.15, -0.1) is 0 Å². The number of aliphatic hydroxyl groups excluding tert-OH is 1. The van der Waals surface area contributed by atoms with Gasteiger partial charge in [0, 0.05) is 24.0 Å². The summed E-state index contributed by atoms with van der Waals surface area (Å²) in [4.78, 5) is 35.9. The minimum absolute atomic E-state index is 0.218. The molecular weight excluding hydrogens is 380 g/mol. The smallest absolute Gasteiger partial charge is 0.338 e. The quantitative estimate of drug-likeness (QED) is 0.249. The molecule has 8 heteroatoms. The largest absolute Gasteiger partial charge is 0.458 e. The molecule has 1 N–H and O–H groups in total. The van der Waals surface area contributed by atoms with Crippen LogP contribution in [-0.2, 0) is 33.3 Å². The van der Waals surface area contributed by atoms with Crippen LogP contribution in [0.2, 0.25) is 0 Å². The van der Waals surface area contributed by atoms with Crippen LogP contribution in [0.4, 0.5) is 0 Å². The Morgan fingerprint density at radius 3 is 2.62 bits per heavy atom. The molecule has 0 bridgehead atoms. The first-order valence-corrected chi connectivity index (χ1v) is 9.66. The van der Waals surface area contributed by atoms with Crippen molar-refractivity contribution in [3.05, 3.63) is 34.6 Å². The Bertz CT molecular complexity index is 877. The molecule has 1 unspecified atom stereocenters. The summed E-state index contributed by atoms with van der Waals surface area (Å²) in [6, 6.07) is 0. The first-order valence-electron chi connectivity index (χ1n) is 9.66. The third kappa shape index (κ3) is 3.06. The summed E-state index contributed by atoms with van der Waals surface area (Å²) in [5, 5.41) is 10.5. The van der Waals surface area contributed by atoms with Crippen molar-refractivity contribution in [1.29, 1.82) is 0 Å². The predicted molar refractivity (Wildman–Crippen MR) is 97.8 cm³/mol. The first-order chi connectivity index (χ1) is 13.6. The Morgan fingerprint density at radius 2 is 2.00 bits per heavy atom. The zero-order valence-corrected chi connectivity index (χ0v) is 16.8. The molecule has 1 saturated heterocycles. The highest BCUT2D eigenvalue weighted by molar-refractivity contribution is 5.93. The highest BCUT2D eigenvalue weighted by Gasteiger charge is 2.60. The standard InChI is InChI=1S/C21H24O8/c1-9-7-14(28-19(9)24)26-8-12-15-17(27-10(2)22)11-5-6-13(23)21(3,4)16(11)18(15)29-20(12)25/h7-8,13-15,17-18,23H,5-6H2,1-4H3/b12-8+/t13?,14-,15+,17-,18+/m1/s1. The summed E-state index contributed by atoms with van der Waals surface area (Å²) in [5.41, 5.74) is 1.73. The second-order valence-corrected chi connectivity index (χ2v) is 8.43. The van der Waals surface area contributed by atoms with Crippen LogP contribution < -0.4 is 0 Å².